The highest BCUT2D eigenvalue weighted by molar-refractivity contribution is 8.16. The summed E-state index contributed by atoms with van der Waals surface area (Å²) in [7, 11) is 0. The summed E-state index contributed by atoms with van der Waals surface area (Å²) in [4.78, 5) is 24.6. The lowest BCUT2D eigenvalue weighted by Crippen LogP contribution is -2.00. The summed E-state index contributed by atoms with van der Waals surface area (Å²) in [6, 6.07) is 10.0. The molecule has 1 aliphatic heterocycles. The predicted octanol–water partition coefficient (Wildman–Crippen LogP) is 3.32. The standard InChI is InChI=1S/C18H14N4OS/c23-18-17(24-12-21-18)9-14-3-4-15-16(8-14)22(11-20-15)7-5-13-2-1-6-19-10-13/h1-4,6,8-12H,5,7H2. The van der Waals surface area contributed by atoms with Crippen LogP contribution in [0.2, 0.25) is 0 Å². The summed E-state index contributed by atoms with van der Waals surface area (Å²) in [6.07, 6.45) is 8.29. The highest BCUT2D eigenvalue weighted by Gasteiger charge is 2.13. The van der Waals surface area contributed by atoms with Gasteiger partial charge >= 0.3 is 0 Å². The number of hydrogen-bond donors (Lipinski definition) is 0. The molecule has 0 saturated carbocycles. The third-order valence-electron chi connectivity index (χ3n) is 3.87. The van der Waals surface area contributed by atoms with Crippen molar-refractivity contribution >= 4 is 40.3 Å². The van der Waals surface area contributed by atoms with Crippen LogP contribution in [0.15, 0.2) is 59.0 Å². The van der Waals surface area contributed by atoms with Crippen molar-refractivity contribution in [3.8, 4) is 0 Å². The van der Waals surface area contributed by atoms with Crippen LogP contribution in [0.4, 0.5) is 0 Å². The zero-order chi connectivity index (χ0) is 16.4. The molecule has 2 aromatic heterocycles. The van der Waals surface area contributed by atoms with E-state index in [-0.39, 0.29) is 5.91 Å². The molecule has 1 aromatic carbocycles. The van der Waals surface area contributed by atoms with Gasteiger partial charge in [-0.1, -0.05) is 23.9 Å². The molecule has 0 aliphatic carbocycles. The van der Waals surface area contributed by atoms with E-state index >= 15 is 0 Å². The third-order valence-corrected chi connectivity index (χ3v) is 4.62. The molecular formula is C18H14N4OS. The number of rotatable bonds is 4. The van der Waals surface area contributed by atoms with Gasteiger partial charge in [-0.2, -0.15) is 0 Å². The van der Waals surface area contributed by atoms with Crippen LogP contribution in [0.3, 0.4) is 0 Å². The van der Waals surface area contributed by atoms with Crippen LogP contribution in [-0.2, 0) is 17.8 Å². The van der Waals surface area contributed by atoms with Crippen molar-refractivity contribution < 1.29 is 4.79 Å². The number of aromatic nitrogens is 3. The Morgan fingerprint density at radius 3 is 3.00 bits per heavy atom. The molecule has 3 heterocycles. The number of carbonyl (C=O) groups is 1. The lowest BCUT2D eigenvalue weighted by Gasteiger charge is -2.05. The summed E-state index contributed by atoms with van der Waals surface area (Å²) in [6.45, 7) is 0.832. The lowest BCUT2D eigenvalue weighted by atomic mass is 10.1. The molecule has 1 aliphatic rings. The van der Waals surface area contributed by atoms with Gasteiger partial charge in [-0.05, 0) is 41.8 Å². The normalized spacial score (nSPS) is 15.7. The van der Waals surface area contributed by atoms with Crippen LogP contribution in [-0.4, -0.2) is 26.0 Å². The number of imidazole rings is 1. The van der Waals surface area contributed by atoms with Crippen molar-refractivity contribution in [2.75, 3.05) is 0 Å². The molecule has 0 radical (unpaired) electrons. The molecule has 0 N–H and O–H groups in total. The van der Waals surface area contributed by atoms with Crippen molar-refractivity contribution in [2.45, 2.75) is 13.0 Å². The zero-order valence-electron chi connectivity index (χ0n) is 12.8. The van der Waals surface area contributed by atoms with Crippen molar-refractivity contribution in [1.29, 1.82) is 0 Å². The number of fused-ring (bicyclic) bond motifs is 1. The molecule has 0 bridgehead atoms. The van der Waals surface area contributed by atoms with E-state index in [1.165, 1.54) is 17.3 Å². The highest BCUT2D eigenvalue weighted by Crippen LogP contribution is 2.25. The molecule has 0 unspecified atom stereocenters. The largest absolute Gasteiger partial charge is 0.330 e. The molecule has 5 nitrogen and oxygen atoms in total. The van der Waals surface area contributed by atoms with Gasteiger partial charge in [0.2, 0.25) is 0 Å². The topological polar surface area (TPSA) is 60.1 Å². The zero-order valence-corrected chi connectivity index (χ0v) is 13.6. The Bertz CT molecular complexity index is 960. The quantitative estimate of drug-likeness (QED) is 0.687. The van der Waals surface area contributed by atoms with Crippen LogP contribution in [0.25, 0.3) is 17.1 Å². The number of benzene rings is 1. The fourth-order valence-corrected chi connectivity index (χ4v) is 3.25. The number of aliphatic imine (C=N–C) groups is 1. The number of aryl methyl sites for hydroxylation is 2. The smallest absolute Gasteiger partial charge is 0.284 e. The second-order valence-electron chi connectivity index (χ2n) is 5.46. The fraction of sp³-hybridized carbons (Fsp3) is 0.111. The number of hydrogen-bond acceptors (Lipinski definition) is 4. The SMILES string of the molecule is O=C1N=CSC1=Cc1ccc2ncn(CCc3cccnc3)c2c1. The van der Waals surface area contributed by atoms with Crippen molar-refractivity contribution in [3.05, 3.63) is 65.1 Å². The van der Waals surface area contributed by atoms with Crippen LogP contribution in [0.5, 0.6) is 0 Å². The first-order valence-corrected chi connectivity index (χ1v) is 8.46. The van der Waals surface area contributed by atoms with E-state index in [1.807, 2.05) is 36.8 Å². The van der Waals surface area contributed by atoms with E-state index < -0.39 is 0 Å². The van der Waals surface area contributed by atoms with Crippen LogP contribution < -0.4 is 0 Å². The predicted molar refractivity (Wildman–Crippen MR) is 96.7 cm³/mol. The first kappa shape index (κ1) is 14.8. The Morgan fingerprint density at radius 2 is 2.21 bits per heavy atom. The molecule has 0 spiro atoms. The lowest BCUT2D eigenvalue weighted by molar-refractivity contribution is -0.113. The minimum absolute atomic E-state index is 0.176. The molecule has 6 heteroatoms. The van der Waals surface area contributed by atoms with Crippen LogP contribution in [0.1, 0.15) is 11.1 Å². The van der Waals surface area contributed by atoms with E-state index in [4.69, 9.17) is 0 Å². The maximum Gasteiger partial charge on any atom is 0.284 e. The Hall–Kier alpha value is -2.73. The summed E-state index contributed by atoms with van der Waals surface area (Å²) < 4.78 is 2.13. The Labute approximate surface area is 143 Å². The minimum atomic E-state index is -0.176. The van der Waals surface area contributed by atoms with Gasteiger partial charge in [0.25, 0.3) is 5.91 Å². The van der Waals surface area contributed by atoms with E-state index in [9.17, 15) is 4.79 Å². The second-order valence-corrected chi connectivity index (χ2v) is 6.35. The number of carbonyl (C=O) groups excluding carboxylic acids is 1. The molecule has 4 rings (SSSR count). The summed E-state index contributed by atoms with van der Waals surface area (Å²) in [5.41, 5.74) is 5.76. The Morgan fingerprint density at radius 1 is 1.25 bits per heavy atom. The maximum atomic E-state index is 11.6. The van der Waals surface area contributed by atoms with E-state index in [0.717, 1.165) is 29.6 Å². The molecule has 0 fully saturated rings. The average Bonchev–Trinajstić information content (AvgIpc) is 3.20. The first-order chi connectivity index (χ1) is 11.8. The van der Waals surface area contributed by atoms with Crippen LogP contribution >= 0.6 is 11.8 Å². The van der Waals surface area contributed by atoms with E-state index in [2.05, 4.69) is 31.7 Å². The summed E-state index contributed by atoms with van der Waals surface area (Å²) in [5.74, 6) is -0.176. The number of amides is 1. The molecule has 0 saturated heterocycles. The maximum absolute atomic E-state index is 11.6. The summed E-state index contributed by atoms with van der Waals surface area (Å²) in [5, 5.41) is 0. The van der Waals surface area contributed by atoms with Gasteiger partial charge in [-0.3, -0.25) is 9.78 Å². The van der Waals surface area contributed by atoms with E-state index in [1.54, 1.807) is 11.7 Å². The third kappa shape index (κ3) is 3.00. The minimum Gasteiger partial charge on any atom is -0.330 e. The average molecular weight is 334 g/mol. The van der Waals surface area contributed by atoms with Gasteiger partial charge in [-0.25, -0.2) is 9.98 Å². The molecule has 3 aromatic rings. The fourth-order valence-electron chi connectivity index (χ4n) is 2.63. The van der Waals surface area contributed by atoms with Crippen LogP contribution in [0, 0.1) is 0 Å². The number of thioether (sulfide) groups is 1. The van der Waals surface area contributed by atoms with Gasteiger partial charge in [0.15, 0.2) is 0 Å². The molecule has 118 valence electrons. The Kier molecular flexibility index (Phi) is 3.96. The van der Waals surface area contributed by atoms with Crippen molar-refractivity contribution in [2.24, 2.45) is 4.99 Å². The molecular weight excluding hydrogens is 320 g/mol. The monoisotopic (exact) mass is 334 g/mol. The van der Waals surface area contributed by atoms with Crippen molar-refractivity contribution in [3.63, 3.8) is 0 Å². The van der Waals surface area contributed by atoms with Crippen molar-refractivity contribution in [1.82, 2.24) is 14.5 Å². The Balaban J connectivity index is 1.60. The van der Waals surface area contributed by atoms with Gasteiger partial charge < -0.3 is 4.57 Å². The highest BCUT2D eigenvalue weighted by atomic mass is 32.2. The summed E-state index contributed by atoms with van der Waals surface area (Å²) >= 11 is 1.36. The first-order valence-electron chi connectivity index (χ1n) is 7.58. The van der Waals surface area contributed by atoms with E-state index in [0.29, 0.717) is 4.91 Å². The molecule has 0 atom stereocenters. The van der Waals surface area contributed by atoms with Gasteiger partial charge in [0, 0.05) is 18.9 Å². The molecule has 24 heavy (non-hydrogen) atoms. The van der Waals surface area contributed by atoms with Gasteiger partial charge in [0.05, 0.1) is 27.8 Å². The second kappa shape index (κ2) is 6.41. The molecule has 1 amide bonds. The van der Waals surface area contributed by atoms with Gasteiger partial charge in [-0.15, -0.1) is 0 Å². The number of nitrogens with zero attached hydrogens (tertiary/aromatic N) is 4. The van der Waals surface area contributed by atoms with Gasteiger partial charge in [0.1, 0.15) is 0 Å². The number of pyridine rings is 1.